The Hall–Kier alpha value is -0.390. The molecule has 0 atom stereocenters. The Kier molecular flexibility index (Phi) is 6.77. The number of carbonyl (C=O) groups is 1. The number of nitrogens with zero attached hydrogens (tertiary/aromatic N) is 1. The van der Waals surface area contributed by atoms with E-state index in [1.807, 2.05) is 13.1 Å². The average Bonchev–Trinajstić information content (AvgIpc) is 2.70. The third-order valence-electron chi connectivity index (χ3n) is 2.28. The quantitative estimate of drug-likeness (QED) is 0.722. The highest BCUT2D eigenvalue weighted by Crippen LogP contribution is 2.21. The van der Waals surface area contributed by atoms with Gasteiger partial charge in [0.1, 0.15) is 0 Å². The second-order valence-electron chi connectivity index (χ2n) is 3.87. The van der Waals surface area contributed by atoms with Crippen LogP contribution in [-0.2, 0) is 16.1 Å². The number of carbonyl (C=O) groups excluding carboxylic acids is 1. The van der Waals surface area contributed by atoms with E-state index in [-0.39, 0.29) is 5.91 Å². The fourth-order valence-electron chi connectivity index (χ4n) is 1.39. The number of thiophene rings is 1. The predicted molar refractivity (Wildman–Crippen MR) is 74.2 cm³/mol. The van der Waals surface area contributed by atoms with Crippen LogP contribution in [0.15, 0.2) is 15.2 Å². The lowest BCUT2D eigenvalue weighted by atomic mass is 10.3. The zero-order chi connectivity index (χ0) is 12.7. The van der Waals surface area contributed by atoms with Crippen molar-refractivity contribution >= 4 is 33.2 Å². The van der Waals surface area contributed by atoms with Gasteiger partial charge in [0.2, 0.25) is 5.91 Å². The summed E-state index contributed by atoms with van der Waals surface area (Å²) in [6.07, 6.45) is 1.45. The summed E-state index contributed by atoms with van der Waals surface area (Å²) in [5, 5.41) is 2.06. The van der Waals surface area contributed by atoms with Gasteiger partial charge >= 0.3 is 0 Å². The van der Waals surface area contributed by atoms with E-state index in [1.165, 1.54) is 0 Å². The molecule has 0 N–H and O–H groups in total. The van der Waals surface area contributed by atoms with Gasteiger partial charge in [0.15, 0.2) is 0 Å². The van der Waals surface area contributed by atoms with Crippen molar-refractivity contribution in [3.63, 3.8) is 0 Å². The van der Waals surface area contributed by atoms with Crippen molar-refractivity contribution in [1.29, 1.82) is 0 Å². The fraction of sp³-hybridized carbons (Fsp3) is 0.583. The Bertz CT molecular complexity index is 354. The van der Waals surface area contributed by atoms with Crippen molar-refractivity contribution in [3.05, 3.63) is 20.8 Å². The minimum atomic E-state index is 0.128. The molecule has 96 valence electrons. The van der Waals surface area contributed by atoms with Crippen LogP contribution in [-0.4, -0.2) is 31.1 Å². The number of hydrogen-bond donors (Lipinski definition) is 0. The molecule has 0 fully saturated rings. The summed E-state index contributed by atoms with van der Waals surface area (Å²) in [6.45, 7) is 3.97. The second-order valence-corrected chi connectivity index (χ2v) is 6.16. The van der Waals surface area contributed by atoms with E-state index in [0.29, 0.717) is 19.6 Å². The molecular weight excluding hydrogens is 302 g/mol. The first kappa shape index (κ1) is 14.7. The molecule has 1 amide bonds. The SMILES string of the molecule is CCCOCCC(=O)N(C)Cc1csc(Br)c1. The third-order valence-corrected chi connectivity index (χ3v) is 3.83. The van der Waals surface area contributed by atoms with Crippen molar-refractivity contribution < 1.29 is 9.53 Å². The molecule has 0 aliphatic heterocycles. The van der Waals surface area contributed by atoms with Crippen LogP contribution in [0.4, 0.5) is 0 Å². The van der Waals surface area contributed by atoms with Crippen molar-refractivity contribution in [1.82, 2.24) is 4.90 Å². The molecule has 1 heterocycles. The Morgan fingerprint density at radius 1 is 1.53 bits per heavy atom. The molecule has 0 aliphatic carbocycles. The molecule has 17 heavy (non-hydrogen) atoms. The number of hydrogen-bond acceptors (Lipinski definition) is 3. The van der Waals surface area contributed by atoms with Gasteiger partial charge in [-0.25, -0.2) is 0 Å². The fourth-order valence-corrected chi connectivity index (χ4v) is 2.59. The van der Waals surface area contributed by atoms with Crippen molar-refractivity contribution in [2.45, 2.75) is 26.3 Å². The van der Waals surface area contributed by atoms with E-state index in [1.54, 1.807) is 16.2 Å². The largest absolute Gasteiger partial charge is 0.381 e. The lowest BCUT2D eigenvalue weighted by molar-refractivity contribution is -0.131. The first-order chi connectivity index (χ1) is 8.13. The summed E-state index contributed by atoms with van der Waals surface area (Å²) in [7, 11) is 1.83. The second kappa shape index (κ2) is 7.84. The Morgan fingerprint density at radius 3 is 2.88 bits per heavy atom. The molecule has 0 saturated heterocycles. The lowest BCUT2D eigenvalue weighted by Crippen LogP contribution is -2.26. The maximum atomic E-state index is 11.8. The van der Waals surface area contributed by atoms with Gasteiger partial charge < -0.3 is 9.64 Å². The summed E-state index contributed by atoms with van der Waals surface area (Å²) >= 11 is 5.05. The summed E-state index contributed by atoms with van der Waals surface area (Å²) in [6, 6.07) is 2.04. The van der Waals surface area contributed by atoms with E-state index in [9.17, 15) is 4.79 Å². The molecule has 0 radical (unpaired) electrons. The van der Waals surface area contributed by atoms with Crippen LogP contribution in [0, 0.1) is 0 Å². The first-order valence-electron chi connectivity index (χ1n) is 5.68. The minimum absolute atomic E-state index is 0.128. The summed E-state index contributed by atoms with van der Waals surface area (Å²) < 4.78 is 6.40. The van der Waals surface area contributed by atoms with Crippen LogP contribution >= 0.6 is 27.3 Å². The standard InChI is InChI=1S/C12H18BrNO2S/c1-3-5-16-6-4-12(15)14(2)8-10-7-11(13)17-9-10/h7,9H,3-6,8H2,1-2H3. The minimum Gasteiger partial charge on any atom is -0.381 e. The predicted octanol–water partition coefficient (Wildman–Crippen LogP) is 3.29. The van der Waals surface area contributed by atoms with Gasteiger partial charge in [-0.05, 0) is 39.4 Å². The molecule has 0 unspecified atom stereocenters. The third kappa shape index (κ3) is 5.66. The molecule has 1 aromatic heterocycles. The number of halogens is 1. The van der Waals surface area contributed by atoms with Crippen LogP contribution in [0.3, 0.4) is 0 Å². The maximum Gasteiger partial charge on any atom is 0.224 e. The normalized spacial score (nSPS) is 10.5. The van der Waals surface area contributed by atoms with Gasteiger partial charge in [0, 0.05) is 20.2 Å². The number of amides is 1. The zero-order valence-corrected chi connectivity index (χ0v) is 12.6. The molecule has 0 spiro atoms. The lowest BCUT2D eigenvalue weighted by Gasteiger charge is -2.16. The van der Waals surface area contributed by atoms with E-state index in [0.717, 1.165) is 22.4 Å². The molecule has 0 saturated carbocycles. The van der Waals surface area contributed by atoms with Crippen LogP contribution in [0.2, 0.25) is 0 Å². The highest BCUT2D eigenvalue weighted by atomic mass is 79.9. The van der Waals surface area contributed by atoms with Gasteiger partial charge in [-0.3, -0.25) is 4.79 Å². The molecule has 3 nitrogen and oxygen atoms in total. The first-order valence-corrected chi connectivity index (χ1v) is 7.35. The van der Waals surface area contributed by atoms with Gasteiger partial charge in [0.25, 0.3) is 0 Å². The smallest absolute Gasteiger partial charge is 0.224 e. The average molecular weight is 320 g/mol. The van der Waals surface area contributed by atoms with Crippen molar-refractivity contribution in [2.75, 3.05) is 20.3 Å². The molecule has 1 rings (SSSR count). The van der Waals surface area contributed by atoms with Crippen molar-refractivity contribution in [3.8, 4) is 0 Å². The molecule has 5 heteroatoms. The number of rotatable bonds is 7. The van der Waals surface area contributed by atoms with E-state index < -0.39 is 0 Å². The number of ether oxygens (including phenoxy) is 1. The van der Waals surface area contributed by atoms with Gasteiger partial charge in [-0.2, -0.15) is 0 Å². The zero-order valence-electron chi connectivity index (χ0n) is 10.2. The van der Waals surface area contributed by atoms with Crippen LogP contribution < -0.4 is 0 Å². The van der Waals surface area contributed by atoms with Gasteiger partial charge in [0.05, 0.1) is 16.8 Å². The van der Waals surface area contributed by atoms with Crippen LogP contribution in [0.5, 0.6) is 0 Å². The summed E-state index contributed by atoms with van der Waals surface area (Å²) in [5.41, 5.74) is 1.16. The van der Waals surface area contributed by atoms with Gasteiger partial charge in [-0.1, -0.05) is 6.92 Å². The van der Waals surface area contributed by atoms with Crippen LogP contribution in [0.25, 0.3) is 0 Å². The van der Waals surface area contributed by atoms with Crippen LogP contribution in [0.1, 0.15) is 25.3 Å². The van der Waals surface area contributed by atoms with E-state index >= 15 is 0 Å². The Labute approximate surface area is 115 Å². The van der Waals surface area contributed by atoms with Crippen molar-refractivity contribution in [2.24, 2.45) is 0 Å². The highest BCUT2D eigenvalue weighted by molar-refractivity contribution is 9.11. The Balaban J connectivity index is 2.27. The van der Waals surface area contributed by atoms with Gasteiger partial charge in [-0.15, -0.1) is 11.3 Å². The highest BCUT2D eigenvalue weighted by Gasteiger charge is 2.09. The topological polar surface area (TPSA) is 29.5 Å². The monoisotopic (exact) mass is 319 g/mol. The molecular formula is C12H18BrNO2S. The van der Waals surface area contributed by atoms with E-state index in [4.69, 9.17) is 4.74 Å². The summed E-state index contributed by atoms with van der Waals surface area (Å²) in [5.74, 6) is 0.128. The van der Waals surface area contributed by atoms with E-state index in [2.05, 4.69) is 28.2 Å². The molecule has 0 bridgehead atoms. The molecule has 0 aromatic carbocycles. The Morgan fingerprint density at radius 2 is 2.29 bits per heavy atom. The molecule has 1 aromatic rings. The molecule has 0 aliphatic rings. The summed E-state index contributed by atoms with van der Waals surface area (Å²) in [4.78, 5) is 13.5. The maximum absolute atomic E-state index is 11.8.